The molecule has 0 amide bonds. The van der Waals surface area contributed by atoms with E-state index in [1.165, 1.54) is 5.56 Å². The van der Waals surface area contributed by atoms with Crippen molar-refractivity contribution in [2.24, 2.45) is 7.05 Å². The first-order valence-electron chi connectivity index (χ1n) is 6.93. The van der Waals surface area contributed by atoms with Gasteiger partial charge in [-0.2, -0.15) is 0 Å². The number of aryl methyl sites for hydroxylation is 2. The van der Waals surface area contributed by atoms with Gasteiger partial charge in [0.15, 0.2) is 5.78 Å². The van der Waals surface area contributed by atoms with Gasteiger partial charge in [0.25, 0.3) is 0 Å². The highest BCUT2D eigenvalue weighted by atomic mass is 16.1. The molecule has 1 atom stereocenters. The summed E-state index contributed by atoms with van der Waals surface area (Å²) in [7, 11) is 2.04. The average Bonchev–Trinajstić information content (AvgIpc) is 2.99. The molecule has 1 N–H and O–H groups in total. The quantitative estimate of drug-likeness (QED) is 0.838. The highest BCUT2D eigenvalue weighted by Crippen LogP contribution is 2.28. The molecule has 0 spiro atoms. The third-order valence-electron chi connectivity index (χ3n) is 4.27. The highest BCUT2D eigenvalue weighted by Gasteiger charge is 2.27. The molecule has 2 aromatic rings. The maximum absolute atomic E-state index is 12.7. The first-order valence-corrected chi connectivity index (χ1v) is 6.93. The predicted molar refractivity (Wildman–Crippen MR) is 77.7 cm³/mol. The van der Waals surface area contributed by atoms with Gasteiger partial charge in [0.2, 0.25) is 0 Å². The third kappa shape index (κ3) is 1.89. The van der Waals surface area contributed by atoms with Crippen molar-refractivity contribution in [2.45, 2.75) is 32.7 Å². The minimum absolute atomic E-state index is 0.00519. The Kier molecular flexibility index (Phi) is 2.94. The third-order valence-corrected chi connectivity index (χ3v) is 4.27. The van der Waals surface area contributed by atoms with Crippen LogP contribution in [0.3, 0.4) is 0 Å². The molecule has 0 saturated carbocycles. The molecule has 1 aliphatic rings. The van der Waals surface area contributed by atoms with E-state index in [0.717, 1.165) is 41.5 Å². The smallest absolute Gasteiger partial charge is 0.182 e. The SMILES string of the molecule is Cc1ccc2c(C(=O)C3CCCN3)c(C)n(C)c2c1. The summed E-state index contributed by atoms with van der Waals surface area (Å²) >= 11 is 0. The fourth-order valence-electron chi connectivity index (χ4n) is 3.07. The lowest BCUT2D eigenvalue weighted by Crippen LogP contribution is -2.31. The topological polar surface area (TPSA) is 34.0 Å². The summed E-state index contributed by atoms with van der Waals surface area (Å²) in [5.41, 5.74) is 4.35. The van der Waals surface area contributed by atoms with Crippen LogP contribution in [0.1, 0.15) is 34.5 Å². The summed E-state index contributed by atoms with van der Waals surface area (Å²) in [6.07, 6.45) is 2.06. The largest absolute Gasteiger partial charge is 0.347 e. The van der Waals surface area contributed by atoms with Crippen molar-refractivity contribution in [2.75, 3.05) is 6.54 Å². The minimum Gasteiger partial charge on any atom is -0.347 e. The van der Waals surface area contributed by atoms with E-state index in [9.17, 15) is 4.79 Å². The zero-order chi connectivity index (χ0) is 13.6. The van der Waals surface area contributed by atoms with Crippen LogP contribution in [0.4, 0.5) is 0 Å². The number of carbonyl (C=O) groups is 1. The minimum atomic E-state index is 0.00519. The molecular formula is C16H20N2O. The van der Waals surface area contributed by atoms with Crippen LogP contribution in [0.2, 0.25) is 0 Å². The first-order chi connectivity index (χ1) is 9.09. The predicted octanol–water partition coefficient (Wildman–Crippen LogP) is 2.73. The standard InChI is InChI=1S/C16H20N2O/c1-10-6-7-12-14(9-10)18(3)11(2)15(12)16(19)13-5-4-8-17-13/h6-7,9,13,17H,4-5,8H2,1-3H3. The molecule has 1 aromatic heterocycles. The van der Waals surface area contributed by atoms with Gasteiger partial charge in [-0.1, -0.05) is 12.1 Å². The number of hydrogen-bond donors (Lipinski definition) is 1. The molecule has 0 radical (unpaired) electrons. The van der Waals surface area contributed by atoms with Gasteiger partial charge >= 0.3 is 0 Å². The van der Waals surface area contributed by atoms with Crippen LogP contribution in [-0.2, 0) is 7.05 Å². The van der Waals surface area contributed by atoms with Gasteiger partial charge in [-0.3, -0.25) is 4.79 Å². The van der Waals surface area contributed by atoms with Gasteiger partial charge in [0.05, 0.1) is 6.04 Å². The molecule has 1 aromatic carbocycles. The Bertz CT molecular complexity index is 648. The molecule has 3 nitrogen and oxygen atoms in total. The van der Waals surface area contributed by atoms with Crippen molar-refractivity contribution in [3.05, 3.63) is 35.0 Å². The van der Waals surface area contributed by atoms with Crippen LogP contribution in [0.15, 0.2) is 18.2 Å². The van der Waals surface area contributed by atoms with Gasteiger partial charge in [0.1, 0.15) is 0 Å². The Balaban J connectivity index is 2.17. The molecule has 3 rings (SSSR count). The zero-order valence-electron chi connectivity index (χ0n) is 11.8. The number of rotatable bonds is 2. The van der Waals surface area contributed by atoms with E-state index in [1.807, 2.05) is 14.0 Å². The summed E-state index contributed by atoms with van der Waals surface area (Å²) in [5.74, 6) is 0.254. The molecule has 0 aliphatic carbocycles. The summed E-state index contributed by atoms with van der Waals surface area (Å²) in [4.78, 5) is 12.7. The summed E-state index contributed by atoms with van der Waals surface area (Å²) in [6.45, 7) is 5.08. The lowest BCUT2D eigenvalue weighted by molar-refractivity contribution is 0.0953. The lowest BCUT2D eigenvalue weighted by atomic mass is 9.99. The molecule has 3 heteroatoms. The lowest BCUT2D eigenvalue weighted by Gasteiger charge is -2.09. The highest BCUT2D eigenvalue weighted by molar-refractivity contribution is 6.12. The van der Waals surface area contributed by atoms with Crippen LogP contribution < -0.4 is 5.32 Å². The number of ketones is 1. The summed E-state index contributed by atoms with van der Waals surface area (Å²) < 4.78 is 2.13. The second-order valence-electron chi connectivity index (χ2n) is 5.55. The van der Waals surface area contributed by atoms with Crippen molar-refractivity contribution >= 4 is 16.7 Å². The van der Waals surface area contributed by atoms with Crippen molar-refractivity contribution in [1.82, 2.24) is 9.88 Å². The fraction of sp³-hybridized carbons (Fsp3) is 0.438. The van der Waals surface area contributed by atoms with Crippen LogP contribution in [-0.4, -0.2) is 22.9 Å². The van der Waals surface area contributed by atoms with Crippen LogP contribution in [0, 0.1) is 13.8 Å². The van der Waals surface area contributed by atoms with Crippen LogP contribution in [0.5, 0.6) is 0 Å². The molecular weight excluding hydrogens is 236 g/mol. The van der Waals surface area contributed by atoms with Crippen molar-refractivity contribution in [3.8, 4) is 0 Å². The van der Waals surface area contributed by atoms with Gasteiger partial charge in [-0.05, 0) is 44.9 Å². The Hall–Kier alpha value is -1.61. The van der Waals surface area contributed by atoms with E-state index in [0.29, 0.717) is 0 Å². The van der Waals surface area contributed by atoms with Gasteiger partial charge in [0, 0.05) is 29.2 Å². The zero-order valence-corrected chi connectivity index (χ0v) is 11.8. The molecule has 1 unspecified atom stereocenters. The Labute approximate surface area is 113 Å². The van der Waals surface area contributed by atoms with E-state index < -0.39 is 0 Å². The monoisotopic (exact) mass is 256 g/mol. The normalized spacial score (nSPS) is 19.2. The Morgan fingerprint density at radius 2 is 2.16 bits per heavy atom. The number of aromatic nitrogens is 1. The van der Waals surface area contributed by atoms with E-state index in [1.54, 1.807) is 0 Å². The fourth-order valence-corrected chi connectivity index (χ4v) is 3.07. The van der Waals surface area contributed by atoms with Crippen LogP contribution in [0.25, 0.3) is 10.9 Å². The summed E-state index contributed by atoms with van der Waals surface area (Å²) in [5, 5.41) is 4.40. The molecule has 1 aliphatic heterocycles. The molecule has 1 saturated heterocycles. The van der Waals surface area contributed by atoms with E-state index in [2.05, 4.69) is 35.0 Å². The van der Waals surface area contributed by atoms with Gasteiger partial charge < -0.3 is 9.88 Å². The number of benzene rings is 1. The number of fused-ring (bicyclic) bond motifs is 1. The maximum atomic E-state index is 12.7. The van der Waals surface area contributed by atoms with Gasteiger partial charge in [-0.15, -0.1) is 0 Å². The summed E-state index contributed by atoms with van der Waals surface area (Å²) in [6, 6.07) is 6.33. The molecule has 19 heavy (non-hydrogen) atoms. The number of nitrogens with one attached hydrogen (secondary N) is 1. The molecule has 0 bridgehead atoms. The van der Waals surface area contributed by atoms with Gasteiger partial charge in [-0.25, -0.2) is 0 Å². The van der Waals surface area contributed by atoms with Crippen molar-refractivity contribution in [1.29, 1.82) is 0 Å². The maximum Gasteiger partial charge on any atom is 0.182 e. The first kappa shape index (κ1) is 12.4. The molecule has 2 heterocycles. The van der Waals surface area contributed by atoms with Crippen LogP contribution >= 0.6 is 0 Å². The molecule has 1 fully saturated rings. The average molecular weight is 256 g/mol. The number of hydrogen-bond acceptors (Lipinski definition) is 2. The van der Waals surface area contributed by atoms with Crippen molar-refractivity contribution in [3.63, 3.8) is 0 Å². The van der Waals surface area contributed by atoms with Crippen molar-refractivity contribution < 1.29 is 4.79 Å². The Morgan fingerprint density at radius 1 is 1.37 bits per heavy atom. The number of nitrogens with zero attached hydrogens (tertiary/aromatic N) is 1. The van der Waals surface area contributed by atoms with E-state index >= 15 is 0 Å². The second kappa shape index (κ2) is 4.49. The Morgan fingerprint density at radius 3 is 2.84 bits per heavy atom. The van der Waals surface area contributed by atoms with E-state index in [-0.39, 0.29) is 11.8 Å². The second-order valence-corrected chi connectivity index (χ2v) is 5.55. The number of carbonyl (C=O) groups excluding carboxylic acids is 1. The van der Waals surface area contributed by atoms with E-state index in [4.69, 9.17) is 0 Å². The number of Topliss-reactive ketones (excluding diaryl/α,β-unsaturated/α-hetero) is 1. The molecule has 100 valence electrons.